The molecule has 118 valence electrons. The number of aliphatic hydroxyl groups is 1. The second-order valence-corrected chi connectivity index (χ2v) is 6.04. The Morgan fingerprint density at radius 2 is 2.09 bits per heavy atom. The largest absolute Gasteiger partial charge is 0.422 e. The van der Waals surface area contributed by atoms with Gasteiger partial charge in [-0.2, -0.15) is 0 Å². The highest BCUT2D eigenvalue weighted by Gasteiger charge is 2.14. The maximum atomic E-state index is 12.1. The first-order valence-corrected chi connectivity index (χ1v) is 8.05. The maximum absolute atomic E-state index is 12.1. The summed E-state index contributed by atoms with van der Waals surface area (Å²) < 4.78 is 5.14. The van der Waals surface area contributed by atoms with Crippen LogP contribution in [0.1, 0.15) is 27.8 Å². The molecule has 0 aliphatic carbocycles. The van der Waals surface area contributed by atoms with E-state index >= 15 is 0 Å². The smallest absolute Gasteiger partial charge is 0.349 e. The Morgan fingerprint density at radius 1 is 1.26 bits per heavy atom. The van der Waals surface area contributed by atoms with Crippen LogP contribution >= 0.6 is 11.3 Å². The minimum atomic E-state index is -0.667. The summed E-state index contributed by atoms with van der Waals surface area (Å²) in [7, 11) is 0. The molecular weight excluding hydrogens is 314 g/mol. The Labute approximate surface area is 136 Å². The molecule has 0 radical (unpaired) electrons. The Morgan fingerprint density at radius 3 is 2.87 bits per heavy atom. The molecule has 0 saturated heterocycles. The Kier molecular flexibility index (Phi) is 4.55. The normalized spacial score (nSPS) is 12.2. The van der Waals surface area contributed by atoms with E-state index in [1.165, 1.54) is 17.4 Å². The summed E-state index contributed by atoms with van der Waals surface area (Å²) in [6, 6.07) is 12.2. The number of amides is 1. The molecule has 1 amide bonds. The van der Waals surface area contributed by atoms with E-state index in [9.17, 15) is 14.7 Å². The van der Waals surface area contributed by atoms with Crippen molar-refractivity contribution in [2.24, 2.45) is 0 Å². The van der Waals surface area contributed by atoms with Crippen LogP contribution in [0.25, 0.3) is 11.0 Å². The molecule has 0 fully saturated rings. The number of fused-ring (bicyclic) bond motifs is 1. The lowest BCUT2D eigenvalue weighted by Crippen LogP contribution is -2.29. The van der Waals surface area contributed by atoms with Crippen LogP contribution in [0.15, 0.2) is 57.1 Å². The van der Waals surface area contributed by atoms with Crippen molar-refractivity contribution in [2.75, 3.05) is 6.54 Å². The van der Waals surface area contributed by atoms with E-state index in [0.717, 1.165) is 4.88 Å². The first-order valence-electron chi connectivity index (χ1n) is 7.18. The van der Waals surface area contributed by atoms with E-state index in [-0.39, 0.29) is 12.1 Å². The van der Waals surface area contributed by atoms with E-state index < -0.39 is 17.6 Å². The first-order chi connectivity index (χ1) is 11.1. The van der Waals surface area contributed by atoms with Crippen molar-refractivity contribution in [1.29, 1.82) is 0 Å². The van der Waals surface area contributed by atoms with Crippen molar-refractivity contribution in [3.8, 4) is 0 Å². The fourth-order valence-corrected chi connectivity index (χ4v) is 3.01. The number of benzene rings is 1. The summed E-state index contributed by atoms with van der Waals surface area (Å²) in [5.74, 6) is -0.497. The minimum absolute atomic E-state index is 0.0330. The maximum Gasteiger partial charge on any atom is 0.349 e. The Balaban J connectivity index is 1.66. The number of carbonyl (C=O) groups excluding carboxylic acids is 1. The van der Waals surface area contributed by atoms with Crippen LogP contribution in [-0.4, -0.2) is 17.6 Å². The molecule has 0 saturated carbocycles. The lowest BCUT2D eigenvalue weighted by molar-refractivity contribution is 0.0940. The average molecular weight is 329 g/mol. The summed E-state index contributed by atoms with van der Waals surface area (Å²) in [5, 5.41) is 15.2. The summed E-state index contributed by atoms with van der Waals surface area (Å²) in [6.45, 7) is 0.268. The molecular formula is C17H15NO4S. The third-order valence-electron chi connectivity index (χ3n) is 3.46. The third kappa shape index (κ3) is 3.49. The van der Waals surface area contributed by atoms with E-state index in [1.54, 1.807) is 24.3 Å². The van der Waals surface area contributed by atoms with Crippen LogP contribution in [-0.2, 0) is 0 Å². The van der Waals surface area contributed by atoms with Crippen LogP contribution < -0.4 is 10.9 Å². The fourth-order valence-electron chi connectivity index (χ4n) is 2.26. The number of rotatable bonds is 5. The van der Waals surface area contributed by atoms with Gasteiger partial charge >= 0.3 is 5.63 Å². The lowest BCUT2D eigenvalue weighted by atomic mass is 10.1. The summed E-state index contributed by atoms with van der Waals surface area (Å²) in [5.41, 5.74) is -0.253. The average Bonchev–Trinajstić information content (AvgIpc) is 3.08. The van der Waals surface area contributed by atoms with Crippen molar-refractivity contribution in [1.82, 2.24) is 5.32 Å². The molecule has 23 heavy (non-hydrogen) atoms. The zero-order valence-corrected chi connectivity index (χ0v) is 13.0. The zero-order chi connectivity index (χ0) is 16.2. The van der Waals surface area contributed by atoms with Gasteiger partial charge in [-0.25, -0.2) is 4.79 Å². The van der Waals surface area contributed by atoms with E-state index in [2.05, 4.69) is 5.32 Å². The molecule has 3 rings (SSSR count). The van der Waals surface area contributed by atoms with Gasteiger partial charge in [0, 0.05) is 16.8 Å². The van der Waals surface area contributed by atoms with Gasteiger partial charge < -0.3 is 14.8 Å². The van der Waals surface area contributed by atoms with Gasteiger partial charge in [-0.3, -0.25) is 4.79 Å². The van der Waals surface area contributed by atoms with Crippen LogP contribution in [0, 0.1) is 0 Å². The fraction of sp³-hybridized carbons (Fsp3) is 0.176. The van der Waals surface area contributed by atoms with Crippen molar-refractivity contribution >= 4 is 28.2 Å². The molecule has 2 heterocycles. The predicted octanol–water partition coefficient (Wildman–Crippen LogP) is 2.71. The second-order valence-electron chi connectivity index (χ2n) is 5.06. The highest BCUT2D eigenvalue weighted by atomic mass is 32.1. The second kappa shape index (κ2) is 6.76. The molecule has 2 N–H and O–H groups in total. The molecule has 5 nitrogen and oxygen atoms in total. The number of hydrogen-bond acceptors (Lipinski definition) is 5. The highest BCUT2D eigenvalue weighted by Crippen LogP contribution is 2.21. The van der Waals surface area contributed by atoms with E-state index in [1.807, 2.05) is 17.5 Å². The molecule has 0 unspecified atom stereocenters. The molecule has 0 bridgehead atoms. The van der Waals surface area contributed by atoms with Gasteiger partial charge in [0.15, 0.2) is 0 Å². The third-order valence-corrected chi connectivity index (χ3v) is 4.43. The number of para-hydroxylation sites is 1. The van der Waals surface area contributed by atoms with Gasteiger partial charge in [0.2, 0.25) is 0 Å². The van der Waals surface area contributed by atoms with Gasteiger partial charge in [-0.1, -0.05) is 24.3 Å². The predicted molar refractivity (Wildman–Crippen MR) is 88.7 cm³/mol. The molecule has 0 aliphatic rings. The topological polar surface area (TPSA) is 79.5 Å². The zero-order valence-electron chi connectivity index (χ0n) is 12.2. The number of carbonyl (C=O) groups is 1. The van der Waals surface area contributed by atoms with Gasteiger partial charge in [0.25, 0.3) is 5.91 Å². The van der Waals surface area contributed by atoms with E-state index in [0.29, 0.717) is 17.4 Å². The number of hydrogen-bond donors (Lipinski definition) is 2. The van der Waals surface area contributed by atoms with Gasteiger partial charge in [-0.15, -0.1) is 11.3 Å². The van der Waals surface area contributed by atoms with Gasteiger partial charge in [-0.05, 0) is 30.0 Å². The van der Waals surface area contributed by atoms with E-state index in [4.69, 9.17) is 4.42 Å². The summed E-state index contributed by atoms with van der Waals surface area (Å²) >= 11 is 1.46. The molecule has 3 aromatic rings. The molecule has 0 spiro atoms. The van der Waals surface area contributed by atoms with Gasteiger partial charge in [0.1, 0.15) is 11.1 Å². The number of nitrogens with one attached hydrogen (secondary N) is 1. The van der Waals surface area contributed by atoms with Crippen LogP contribution in [0.4, 0.5) is 0 Å². The minimum Gasteiger partial charge on any atom is -0.422 e. The molecule has 1 atom stereocenters. The number of aliphatic hydroxyl groups excluding tert-OH is 1. The van der Waals surface area contributed by atoms with Crippen molar-refractivity contribution in [2.45, 2.75) is 12.5 Å². The molecule has 6 heteroatoms. The van der Waals surface area contributed by atoms with Crippen LogP contribution in [0.2, 0.25) is 0 Å². The first kappa shape index (κ1) is 15.5. The monoisotopic (exact) mass is 329 g/mol. The Bertz CT molecular complexity index is 870. The van der Waals surface area contributed by atoms with Crippen molar-refractivity contribution in [3.05, 3.63) is 68.7 Å². The van der Waals surface area contributed by atoms with Crippen LogP contribution in [0.3, 0.4) is 0 Å². The van der Waals surface area contributed by atoms with Gasteiger partial charge in [0.05, 0.1) is 6.10 Å². The summed E-state index contributed by atoms with van der Waals surface area (Å²) in [6.07, 6.45) is -0.242. The molecule has 0 aliphatic heterocycles. The number of thiophene rings is 1. The lowest BCUT2D eigenvalue weighted by Gasteiger charge is -2.09. The SMILES string of the molecule is O=C(NCC[C@H](O)c1cccs1)c1cc2ccccc2oc1=O. The van der Waals surface area contributed by atoms with Crippen LogP contribution in [0.5, 0.6) is 0 Å². The Hall–Kier alpha value is -2.44. The quantitative estimate of drug-likeness (QED) is 0.705. The van der Waals surface area contributed by atoms with Crippen molar-refractivity contribution in [3.63, 3.8) is 0 Å². The molecule has 2 aromatic heterocycles. The van der Waals surface area contributed by atoms with Crippen molar-refractivity contribution < 1.29 is 14.3 Å². The highest BCUT2D eigenvalue weighted by molar-refractivity contribution is 7.10. The standard InChI is InChI=1S/C17H15NO4S/c19-13(15-6-3-9-23-15)7-8-18-16(20)12-10-11-4-1-2-5-14(11)22-17(12)21/h1-6,9-10,13,19H,7-8H2,(H,18,20)/t13-/m0/s1. The summed E-state index contributed by atoms with van der Waals surface area (Å²) in [4.78, 5) is 24.9. The molecule has 1 aromatic carbocycles.